The molecule has 0 radical (unpaired) electrons. The molecule has 5 heteroatoms. The summed E-state index contributed by atoms with van der Waals surface area (Å²) in [5.74, 6) is 0. The van der Waals surface area contributed by atoms with Crippen LogP contribution in [0.2, 0.25) is 5.02 Å². The Kier molecular flexibility index (Phi) is 4.56. The molecule has 0 bridgehead atoms. The standard InChI is InChI=1S/C14H19ClN4/c1-4-16-14(8-12-9-19(3)18-17-12)13-7-11(15)6-5-10(13)2/h5-7,9,14,16H,4,8H2,1-3H3. The molecule has 2 rings (SSSR count). The summed E-state index contributed by atoms with van der Waals surface area (Å²) in [6, 6.07) is 6.21. The molecule has 19 heavy (non-hydrogen) atoms. The summed E-state index contributed by atoms with van der Waals surface area (Å²) in [5.41, 5.74) is 3.44. The second-order valence-corrected chi connectivity index (χ2v) is 5.14. The number of benzene rings is 1. The molecule has 0 aliphatic rings. The number of aryl methyl sites for hydroxylation is 2. The summed E-state index contributed by atoms with van der Waals surface area (Å²) in [6.07, 6.45) is 2.76. The van der Waals surface area contributed by atoms with Crippen LogP contribution in [0.15, 0.2) is 24.4 Å². The summed E-state index contributed by atoms with van der Waals surface area (Å²) >= 11 is 6.11. The Morgan fingerprint density at radius 2 is 2.21 bits per heavy atom. The van der Waals surface area contributed by atoms with Crippen LogP contribution in [0.25, 0.3) is 0 Å². The first-order valence-corrected chi connectivity index (χ1v) is 6.82. The van der Waals surface area contributed by atoms with Crippen molar-refractivity contribution in [1.29, 1.82) is 0 Å². The van der Waals surface area contributed by atoms with E-state index in [9.17, 15) is 0 Å². The van der Waals surface area contributed by atoms with E-state index in [1.165, 1.54) is 11.1 Å². The SMILES string of the molecule is CCNC(Cc1cn(C)nn1)c1cc(Cl)ccc1C. The topological polar surface area (TPSA) is 42.7 Å². The van der Waals surface area contributed by atoms with E-state index in [4.69, 9.17) is 11.6 Å². The van der Waals surface area contributed by atoms with Crippen molar-refractivity contribution in [3.8, 4) is 0 Å². The van der Waals surface area contributed by atoms with Crippen molar-refractivity contribution in [2.45, 2.75) is 26.3 Å². The number of nitrogens with zero attached hydrogens (tertiary/aromatic N) is 3. The summed E-state index contributed by atoms with van der Waals surface area (Å²) in [6.45, 7) is 5.10. The highest BCUT2D eigenvalue weighted by Gasteiger charge is 2.15. The number of aromatic nitrogens is 3. The summed E-state index contributed by atoms with van der Waals surface area (Å²) in [5, 5.41) is 12.4. The van der Waals surface area contributed by atoms with Crippen molar-refractivity contribution in [3.63, 3.8) is 0 Å². The predicted molar refractivity (Wildman–Crippen MR) is 77.3 cm³/mol. The highest BCUT2D eigenvalue weighted by molar-refractivity contribution is 6.30. The maximum absolute atomic E-state index is 6.11. The summed E-state index contributed by atoms with van der Waals surface area (Å²) < 4.78 is 1.73. The van der Waals surface area contributed by atoms with Gasteiger partial charge in [0.1, 0.15) is 0 Å². The van der Waals surface area contributed by atoms with Gasteiger partial charge in [0.2, 0.25) is 0 Å². The van der Waals surface area contributed by atoms with Gasteiger partial charge in [-0.2, -0.15) is 0 Å². The van der Waals surface area contributed by atoms with Crippen molar-refractivity contribution >= 4 is 11.6 Å². The van der Waals surface area contributed by atoms with E-state index in [0.29, 0.717) is 0 Å². The van der Waals surface area contributed by atoms with E-state index in [0.717, 1.165) is 23.7 Å². The highest BCUT2D eigenvalue weighted by Crippen LogP contribution is 2.24. The lowest BCUT2D eigenvalue weighted by Crippen LogP contribution is -2.24. The molecule has 1 atom stereocenters. The van der Waals surface area contributed by atoms with Crippen LogP contribution in [0.4, 0.5) is 0 Å². The van der Waals surface area contributed by atoms with Gasteiger partial charge in [-0.15, -0.1) is 5.10 Å². The Morgan fingerprint density at radius 1 is 1.42 bits per heavy atom. The van der Waals surface area contributed by atoms with Crippen LogP contribution in [-0.2, 0) is 13.5 Å². The first-order chi connectivity index (χ1) is 9.10. The zero-order valence-electron chi connectivity index (χ0n) is 11.5. The van der Waals surface area contributed by atoms with Crippen LogP contribution in [0, 0.1) is 6.92 Å². The second-order valence-electron chi connectivity index (χ2n) is 4.70. The molecule has 0 aliphatic carbocycles. The molecule has 0 saturated heterocycles. The van der Waals surface area contributed by atoms with Gasteiger partial charge in [0.25, 0.3) is 0 Å². The van der Waals surface area contributed by atoms with Crippen LogP contribution in [0.3, 0.4) is 0 Å². The molecule has 1 N–H and O–H groups in total. The molecule has 0 spiro atoms. The smallest absolute Gasteiger partial charge is 0.0845 e. The second kappa shape index (κ2) is 6.17. The first-order valence-electron chi connectivity index (χ1n) is 6.44. The van der Waals surface area contributed by atoms with Crippen LogP contribution < -0.4 is 5.32 Å². The molecule has 0 fully saturated rings. The van der Waals surface area contributed by atoms with Crippen molar-refractivity contribution in [2.75, 3.05) is 6.54 Å². The van der Waals surface area contributed by atoms with Crippen molar-refractivity contribution in [3.05, 3.63) is 46.2 Å². The minimum Gasteiger partial charge on any atom is -0.310 e. The Bertz CT molecular complexity index is 550. The minimum atomic E-state index is 0.209. The third kappa shape index (κ3) is 3.55. The number of hydrogen-bond donors (Lipinski definition) is 1. The molecular weight excluding hydrogens is 260 g/mol. The maximum atomic E-state index is 6.11. The Morgan fingerprint density at radius 3 is 2.84 bits per heavy atom. The molecular formula is C14H19ClN4. The highest BCUT2D eigenvalue weighted by atomic mass is 35.5. The largest absolute Gasteiger partial charge is 0.310 e. The van der Waals surface area contributed by atoms with Crippen molar-refractivity contribution in [1.82, 2.24) is 20.3 Å². The fourth-order valence-electron chi connectivity index (χ4n) is 2.22. The van der Waals surface area contributed by atoms with Gasteiger partial charge in [0, 0.05) is 30.7 Å². The molecule has 0 amide bonds. The fourth-order valence-corrected chi connectivity index (χ4v) is 2.40. The summed E-state index contributed by atoms with van der Waals surface area (Å²) in [4.78, 5) is 0. The Hall–Kier alpha value is -1.39. The van der Waals surface area contributed by atoms with Crippen LogP contribution in [0.5, 0.6) is 0 Å². The van der Waals surface area contributed by atoms with Gasteiger partial charge < -0.3 is 5.32 Å². The number of hydrogen-bond acceptors (Lipinski definition) is 3. The molecule has 2 aromatic rings. The van der Waals surface area contributed by atoms with Crippen LogP contribution >= 0.6 is 11.6 Å². The lowest BCUT2D eigenvalue weighted by molar-refractivity contribution is 0.541. The van der Waals surface area contributed by atoms with Gasteiger partial charge in [-0.25, -0.2) is 0 Å². The molecule has 102 valence electrons. The van der Waals surface area contributed by atoms with Gasteiger partial charge in [0.15, 0.2) is 0 Å². The van der Waals surface area contributed by atoms with E-state index in [1.807, 2.05) is 25.4 Å². The average Bonchev–Trinajstić information content (AvgIpc) is 2.77. The van der Waals surface area contributed by atoms with Gasteiger partial charge in [0.05, 0.1) is 5.69 Å². The molecule has 0 saturated carbocycles. The van der Waals surface area contributed by atoms with E-state index in [1.54, 1.807) is 4.68 Å². The van der Waals surface area contributed by atoms with E-state index in [-0.39, 0.29) is 6.04 Å². The van der Waals surface area contributed by atoms with Gasteiger partial charge in [-0.05, 0) is 36.7 Å². The maximum Gasteiger partial charge on any atom is 0.0845 e. The van der Waals surface area contributed by atoms with Gasteiger partial charge in [-0.1, -0.05) is 29.8 Å². The van der Waals surface area contributed by atoms with Gasteiger partial charge in [-0.3, -0.25) is 4.68 Å². The summed E-state index contributed by atoms with van der Waals surface area (Å²) in [7, 11) is 1.88. The first kappa shape index (κ1) is 14.0. The van der Waals surface area contributed by atoms with Crippen molar-refractivity contribution in [2.24, 2.45) is 7.05 Å². The van der Waals surface area contributed by atoms with E-state index < -0.39 is 0 Å². The Balaban J connectivity index is 2.26. The number of rotatable bonds is 5. The average molecular weight is 279 g/mol. The predicted octanol–water partition coefficient (Wildman–Crippen LogP) is 2.67. The lowest BCUT2D eigenvalue weighted by Gasteiger charge is -2.19. The fraction of sp³-hybridized carbons (Fsp3) is 0.429. The molecule has 1 heterocycles. The zero-order valence-corrected chi connectivity index (χ0v) is 12.3. The lowest BCUT2D eigenvalue weighted by atomic mass is 9.97. The Labute approximate surface area is 118 Å². The number of halogens is 1. The van der Waals surface area contributed by atoms with Crippen LogP contribution in [-0.4, -0.2) is 21.5 Å². The van der Waals surface area contributed by atoms with E-state index >= 15 is 0 Å². The third-order valence-corrected chi connectivity index (χ3v) is 3.37. The van der Waals surface area contributed by atoms with Crippen LogP contribution in [0.1, 0.15) is 29.8 Å². The number of nitrogens with one attached hydrogen (secondary N) is 1. The molecule has 1 aromatic carbocycles. The van der Waals surface area contributed by atoms with Crippen molar-refractivity contribution < 1.29 is 0 Å². The quantitative estimate of drug-likeness (QED) is 0.914. The minimum absolute atomic E-state index is 0.209. The molecule has 4 nitrogen and oxygen atoms in total. The molecule has 1 unspecified atom stereocenters. The normalized spacial score (nSPS) is 12.6. The number of likely N-dealkylation sites (N-methyl/N-ethyl adjacent to an activating group) is 1. The monoisotopic (exact) mass is 278 g/mol. The zero-order chi connectivity index (χ0) is 13.8. The van der Waals surface area contributed by atoms with Gasteiger partial charge >= 0.3 is 0 Å². The molecule has 0 aliphatic heterocycles. The molecule has 1 aromatic heterocycles. The third-order valence-electron chi connectivity index (χ3n) is 3.13. The van der Waals surface area contributed by atoms with E-state index in [2.05, 4.69) is 35.5 Å².